The monoisotopic (exact) mass is 253 g/mol. The zero-order chi connectivity index (χ0) is 11.5. The van der Waals surface area contributed by atoms with E-state index in [1.54, 1.807) is 12.1 Å². The Morgan fingerprint density at radius 1 is 1.31 bits per heavy atom. The number of hydrogen-bond donors (Lipinski definition) is 2. The Hall–Kier alpha value is -1.46. The lowest BCUT2D eigenvalue weighted by molar-refractivity contribution is 0.945. The lowest BCUT2D eigenvalue weighted by Gasteiger charge is -2.01. The largest absolute Gasteiger partial charge is 0.383 e. The second kappa shape index (κ2) is 4.59. The fourth-order valence-electron chi connectivity index (χ4n) is 1.12. The molecule has 1 aromatic heterocycles. The third kappa shape index (κ3) is 2.77. The summed E-state index contributed by atoms with van der Waals surface area (Å²) in [4.78, 5) is 18.7. The van der Waals surface area contributed by atoms with Gasteiger partial charge in [-0.15, -0.1) is 0 Å². The maximum Gasteiger partial charge on any atom is 0.253 e. The molecule has 0 spiro atoms. The Kier molecular flexibility index (Phi) is 3.17. The fourth-order valence-corrected chi connectivity index (χ4v) is 2.04. The van der Waals surface area contributed by atoms with Gasteiger partial charge in [0, 0.05) is 16.0 Å². The predicted octanol–water partition coefficient (Wildman–Crippen LogP) is 2.16. The van der Waals surface area contributed by atoms with Crippen LogP contribution in [0.2, 0.25) is 5.02 Å². The van der Waals surface area contributed by atoms with Crippen LogP contribution in [0.1, 0.15) is 0 Å². The number of nitrogens with zero attached hydrogens (tertiary/aromatic N) is 1. The smallest absolute Gasteiger partial charge is 0.253 e. The third-order valence-corrected chi connectivity index (χ3v) is 2.91. The van der Waals surface area contributed by atoms with E-state index in [4.69, 9.17) is 17.3 Å². The van der Waals surface area contributed by atoms with Crippen molar-refractivity contribution in [3.8, 4) is 0 Å². The number of rotatable bonds is 2. The molecule has 82 valence electrons. The normalized spacial score (nSPS) is 10.3. The van der Waals surface area contributed by atoms with Crippen LogP contribution in [-0.4, -0.2) is 9.97 Å². The average Bonchev–Trinajstić information content (AvgIpc) is 2.20. The van der Waals surface area contributed by atoms with E-state index in [1.165, 1.54) is 17.8 Å². The van der Waals surface area contributed by atoms with Gasteiger partial charge in [-0.25, -0.2) is 4.98 Å². The summed E-state index contributed by atoms with van der Waals surface area (Å²) in [5.41, 5.74) is 5.21. The van der Waals surface area contributed by atoms with Crippen molar-refractivity contribution >= 4 is 29.2 Å². The summed E-state index contributed by atoms with van der Waals surface area (Å²) < 4.78 is 0. The number of H-pyrrole nitrogens is 1. The second-order valence-corrected chi connectivity index (χ2v) is 4.53. The molecule has 0 unspecified atom stereocenters. The number of aromatic nitrogens is 2. The van der Waals surface area contributed by atoms with Crippen molar-refractivity contribution in [2.45, 2.75) is 10.1 Å². The number of nitrogens with one attached hydrogen (secondary N) is 1. The highest BCUT2D eigenvalue weighted by atomic mass is 35.5. The summed E-state index contributed by atoms with van der Waals surface area (Å²) >= 11 is 7.08. The quantitative estimate of drug-likeness (QED) is 0.805. The average molecular weight is 254 g/mol. The van der Waals surface area contributed by atoms with E-state index < -0.39 is 0 Å². The molecule has 3 N–H and O–H groups in total. The molecular formula is C10H8ClN3OS. The van der Waals surface area contributed by atoms with Crippen LogP contribution < -0.4 is 11.3 Å². The van der Waals surface area contributed by atoms with Crippen molar-refractivity contribution in [3.05, 3.63) is 45.7 Å². The zero-order valence-electron chi connectivity index (χ0n) is 8.11. The van der Waals surface area contributed by atoms with E-state index >= 15 is 0 Å². The van der Waals surface area contributed by atoms with Gasteiger partial charge in [-0.3, -0.25) is 4.79 Å². The molecule has 0 aliphatic carbocycles. The van der Waals surface area contributed by atoms with Crippen LogP contribution in [0.5, 0.6) is 0 Å². The van der Waals surface area contributed by atoms with Crippen molar-refractivity contribution in [2.75, 3.05) is 5.73 Å². The van der Waals surface area contributed by atoms with E-state index in [2.05, 4.69) is 9.97 Å². The molecule has 0 saturated carbocycles. The van der Waals surface area contributed by atoms with Gasteiger partial charge in [0.25, 0.3) is 5.56 Å². The van der Waals surface area contributed by atoms with E-state index in [9.17, 15) is 4.79 Å². The van der Waals surface area contributed by atoms with Crippen molar-refractivity contribution in [3.63, 3.8) is 0 Å². The minimum absolute atomic E-state index is 0.209. The third-order valence-electron chi connectivity index (χ3n) is 1.77. The molecule has 1 aromatic carbocycles. The molecule has 2 rings (SSSR count). The molecule has 0 bridgehead atoms. The first-order valence-corrected chi connectivity index (χ1v) is 5.63. The molecule has 0 fully saturated rings. The minimum Gasteiger partial charge on any atom is -0.383 e. The maximum absolute atomic E-state index is 11.1. The van der Waals surface area contributed by atoms with Gasteiger partial charge >= 0.3 is 0 Å². The molecule has 0 aliphatic rings. The van der Waals surface area contributed by atoms with E-state index in [0.717, 1.165) is 4.90 Å². The molecule has 2 aromatic rings. The lowest BCUT2D eigenvalue weighted by atomic mass is 10.4. The molecular weight excluding hydrogens is 246 g/mol. The Morgan fingerprint density at radius 3 is 2.62 bits per heavy atom. The summed E-state index contributed by atoms with van der Waals surface area (Å²) in [6, 6.07) is 8.47. The number of aromatic amines is 1. The van der Waals surface area contributed by atoms with Gasteiger partial charge in [-0.1, -0.05) is 23.4 Å². The van der Waals surface area contributed by atoms with Gasteiger partial charge in [0.2, 0.25) is 0 Å². The number of anilines is 1. The standard InChI is InChI=1S/C10H8ClN3OS/c11-6-1-3-7(4-2-6)16-10-13-8(12)5-9(15)14-10/h1-5H,(H3,12,13,14,15). The van der Waals surface area contributed by atoms with Gasteiger partial charge in [0.15, 0.2) is 5.16 Å². The van der Waals surface area contributed by atoms with Gasteiger partial charge < -0.3 is 10.7 Å². The van der Waals surface area contributed by atoms with E-state index in [0.29, 0.717) is 10.2 Å². The van der Waals surface area contributed by atoms with Crippen molar-refractivity contribution < 1.29 is 0 Å². The van der Waals surface area contributed by atoms with Crippen molar-refractivity contribution in [1.82, 2.24) is 9.97 Å². The molecule has 0 radical (unpaired) electrons. The molecule has 1 heterocycles. The highest BCUT2D eigenvalue weighted by molar-refractivity contribution is 7.99. The van der Waals surface area contributed by atoms with Crippen molar-refractivity contribution in [1.29, 1.82) is 0 Å². The summed E-state index contributed by atoms with van der Waals surface area (Å²) in [7, 11) is 0. The summed E-state index contributed by atoms with van der Waals surface area (Å²) in [6.07, 6.45) is 0. The number of halogens is 1. The molecule has 6 heteroatoms. The van der Waals surface area contributed by atoms with Gasteiger partial charge in [0.05, 0.1) is 0 Å². The fraction of sp³-hybridized carbons (Fsp3) is 0. The highest BCUT2D eigenvalue weighted by Crippen LogP contribution is 2.25. The number of nitrogens with two attached hydrogens (primary N) is 1. The highest BCUT2D eigenvalue weighted by Gasteiger charge is 2.01. The SMILES string of the molecule is Nc1cc(=O)[nH]c(Sc2ccc(Cl)cc2)n1. The van der Waals surface area contributed by atoms with Crippen LogP contribution in [-0.2, 0) is 0 Å². The van der Waals surface area contributed by atoms with Crippen LogP contribution in [0.15, 0.2) is 45.2 Å². The van der Waals surface area contributed by atoms with Crippen LogP contribution in [0, 0.1) is 0 Å². The molecule has 0 amide bonds. The van der Waals surface area contributed by atoms with Gasteiger partial charge in [0.1, 0.15) is 5.82 Å². The summed E-state index contributed by atoms with van der Waals surface area (Å²) in [5, 5.41) is 1.13. The predicted molar refractivity (Wildman–Crippen MR) is 64.8 cm³/mol. The van der Waals surface area contributed by atoms with E-state index in [-0.39, 0.29) is 11.4 Å². The number of hydrogen-bond acceptors (Lipinski definition) is 4. The van der Waals surface area contributed by atoms with Crippen LogP contribution >= 0.6 is 23.4 Å². The Morgan fingerprint density at radius 2 is 2.00 bits per heavy atom. The minimum atomic E-state index is -0.260. The summed E-state index contributed by atoms with van der Waals surface area (Å²) in [5.74, 6) is 0.209. The molecule has 0 atom stereocenters. The second-order valence-electron chi connectivity index (χ2n) is 3.03. The lowest BCUT2D eigenvalue weighted by Crippen LogP contribution is -2.09. The van der Waals surface area contributed by atoms with Gasteiger partial charge in [-0.05, 0) is 24.3 Å². The molecule has 4 nitrogen and oxygen atoms in total. The van der Waals surface area contributed by atoms with Crippen LogP contribution in [0.4, 0.5) is 5.82 Å². The Balaban J connectivity index is 2.26. The first kappa shape index (κ1) is 11.0. The molecule has 0 aliphatic heterocycles. The summed E-state index contributed by atoms with van der Waals surface area (Å²) in [6.45, 7) is 0. The Bertz CT molecular complexity index is 553. The van der Waals surface area contributed by atoms with E-state index in [1.807, 2.05) is 12.1 Å². The Labute approximate surface area is 101 Å². The molecule has 0 saturated heterocycles. The number of benzene rings is 1. The zero-order valence-corrected chi connectivity index (χ0v) is 9.68. The topological polar surface area (TPSA) is 71.8 Å². The van der Waals surface area contributed by atoms with Gasteiger partial charge in [-0.2, -0.15) is 0 Å². The van der Waals surface area contributed by atoms with Crippen molar-refractivity contribution in [2.24, 2.45) is 0 Å². The first-order valence-electron chi connectivity index (χ1n) is 4.44. The van der Waals surface area contributed by atoms with Crippen LogP contribution in [0.3, 0.4) is 0 Å². The first-order chi connectivity index (χ1) is 7.63. The molecule has 16 heavy (non-hydrogen) atoms. The van der Waals surface area contributed by atoms with Crippen LogP contribution in [0.25, 0.3) is 0 Å². The maximum atomic E-state index is 11.1. The number of nitrogen functional groups attached to an aromatic ring is 1.